The van der Waals surface area contributed by atoms with Crippen molar-refractivity contribution in [1.82, 2.24) is 24.8 Å². The van der Waals surface area contributed by atoms with Gasteiger partial charge in [0.15, 0.2) is 6.10 Å². The van der Waals surface area contributed by atoms with Crippen molar-refractivity contribution in [2.45, 2.75) is 26.9 Å². The lowest BCUT2D eigenvalue weighted by molar-refractivity contribution is -0.127. The van der Waals surface area contributed by atoms with E-state index in [4.69, 9.17) is 4.74 Å². The Kier molecular flexibility index (Phi) is 6.21. The van der Waals surface area contributed by atoms with Crippen molar-refractivity contribution in [1.29, 1.82) is 0 Å². The molecule has 1 amide bonds. The van der Waals surface area contributed by atoms with Gasteiger partial charge in [-0.05, 0) is 32.9 Å². The number of aromatic nitrogens is 4. The van der Waals surface area contributed by atoms with E-state index in [1.54, 1.807) is 13.3 Å². The number of carbonyl (C=O) groups excluding carboxylic acids is 1. The van der Waals surface area contributed by atoms with Crippen LogP contribution in [0.4, 0.5) is 5.82 Å². The topological polar surface area (TPSA) is 94.0 Å². The highest BCUT2D eigenvalue weighted by Crippen LogP contribution is 2.13. The van der Waals surface area contributed by atoms with Gasteiger partial charge in [0.1, 0.15) is 30.0 Å². The second-order valence-electron chi connectivity index (χ2n) is 6.34. The maximum absolute atomic E-state index is 12.1. The first-order valence-electron chi connectivity index (χ1n) is 9.11. The molecule has 0 saturated carbocycles. The fourth-order valence-corrected chi connectivity index (χ4v) is 2.58. The van der Waals surface area contributed by atoms with Crippen molar-refractivity contribution in [3.8, 4) is 11.6 Å². The predicted molar refractivity (Wildman–Crippen MR) is 107 cm³/mol. The van der Waals surface area contributed by atoms with Crippen molar-refractivity contribution < 1.29 is 9.53 Å². The van der Waals surface area contributed by atoms with Crippen LogP contribution in [0.3, 0.4) is 0 Å². The average molecular weight is 380 g/mol. The summed E-state index contributed by atoms with van der Waals surface area (Å²) in [5.74, 6) is 1.92. The molecule has 2 heterocycles. The van der Waals surface area contributed by atoms with Crippen LogP contribution in [0.15, 0.2) is 49.1 Å². The molecule has 0 aliphatic rings. The van der Waals surface area contributed by atoms with Crippen LogP contribution in [0.1, 0.15) is 18.3 Å². The monoisotopic (exact) mass is 380 g/mol. The fraction of sp³-hybridized carbons (Fsp3) is 0.300. The maximum Gasteiger partial charge on any atom is 0.260 e. The standard InChI is InChI=1S/C20H24N6O2/c1-14-15(2)26(13-25-14)19-11-18(23-12-24-19)21-9-10-22-20(27)16(3)28-17-7-5-4-6-8-17/h4-8,11-13,16H,9-10H2,1-3H3,(H,22,27)(H,21,23,24). The maximum atomic E-state index is 12.1. The molecule has 3 aromatic rings. The smallest absolute Gasteiger partial charge is 0.260 e. The molecule has 0 spiro atoms. The highest BCUT2D eigenvalue weighted by molar-refractivity contribution is 5.80. The van der Waals surface area contributed by atoms with Crippen LogP contribution in [0, 0.1) is 13.8 Å². The second-order valence-corrected chi connectivity index (χ2v) is 6.34. The molecule has 2 N–H and O–H groups in total. The van der Waals surface area contributed by atoms with Gasteiger partial charge in [-0.15, -0.1) is 0 Å². The van der Waals surface area contributed by atoms with Gasteiger partial charge in [0.2, 0.25) is 0 Å². The zero-order valence-electron chi connectivity index (χ0n) is 16.2. The Morgan fingerprint density at radius 3 is 2.64 bits per heavy atom. The lowest BCUT2D eigenvalue weighted by Gasteiger charge is -2.15. The Morgan fingerprint density at radius 2 is 1.93 bits per heavy atom. The zero-order chi connectivity index (χ0) is 19.9. The molecular formula is C20H24N6O2. The highest BCUT2D eigenvalue weighted by Gasteiger charge is 2.13. The average Bonchev–Trinajstić information content (AvgIpc) is 3.04. The summed E-state index contributed by atoms with van der Waals surface area (Å²) >= 11 is 0. The molecule has 28 heavy (non-hydrogen) atoms. The SMILES string of the molecule is Cc1ncn(-c2cc(NCCNC(=O)C(C)Oc3ccccc3)ncn2)c1C. The molecule has 2 aromatic heterocycles. The van der Waals surface area contributed by atoms with Crippen LogP contribution in [0.5, 0.6) is 5.75 Å². The molecule has 0 aliphatic carbocycles. The Labute approximate surface area is 164 Å². The Hall–Kier alpha value is -3.42. The van der Waals surface area contributed by atoms with E-state index in [1.807, 2.05) is 54.8 Å². The van der Waals surface area contributed by atoms with Gasteiger partial charge in [0.05, 0.1) is 5.69 Å². The number of hydrogen-bond donors (Lipinski definition) is 2. The van der Waals surface area contributed by atoms with E-state index in [9.17, 15) is 4.79 Å². The Balaban J connectivity index is 1.47. The summed E-state index contributed by atoms with van der Waals surface area (Å²) in [7, 11) is 0. The first-order valence-corrected chi connectivity index (χ1v) is 9.11. The van der Waals surface area contributed by atoms with Crippen molar-refractivity contribution in [2.75, 3.05) is 18.4 Å². The Morgan fingerprint density at radius 1 is 1.14 bits per heavy atom. The van der Waals surface area contributed by atoms with Gasteiger partial charge in [0.25, 0.3) is 5.91 Å². The van der Waals surface area contributed by atoms with Gasteiger partial charge in [-0.2, -0.15) is 0 Å². The summed E-state index contributed by atoms with van der Waals surface area (Å²) < 4.78 is 7.52. The number of imidazole rings is 1. The highest BCUT2D eigenvalue weighted by atomic mass is 16.5. The minimum absolute atomic E-state index is 0.168. The van der Waals surface area contributed by atoms with E-state index in [-0.39, 0.29) is 5.91 Å². The van der Waals surface area contributed by atoms with Gasteiger partial charge in [0, 0.05) is 24.8 Å². The summed E-state index contributed by atoms with van der Waals surface area (Å²) in [6, 6.07) is 11.1. The van der Waals surface area contributed by atoms with Crippen molar-refractivity contribution in [2.24, 2.45) is 0 Å². The van der Waals surface area contributed by atoms with E-state index in [2.05, 4.69) is 25.6 Å². The van der Waals surface area contributed by atoms with Gasteiger partial charge < -0.3 is 15.4 Å². The number of benzene rings is 1. The Bertz CT molecular complexity index is 925. The molecule has 1 aromatic carbocycles. The van der Waals surface area contributed by atoms with E-state index in [0.29, 0.717) is 24.7 Å². The molecule has 0 radical (unpaired) electrons. The quantitative estimate of drug-likeness (QED) is 0.582. The molecule has 0 bridgehead atoms. The van der Waals surface area contributed by atoms with Crippen molar-refractivity contribution in [3.05, 3.63) is 60.4 Å². The molecule has 1 unspecified atom stereocenters. The van der Waals surface area contributed by atoms with Gasteiger partial charge in [-0.1, -0.05) is 18.2 Å². The number of nitrogens with zero attached hydrogens (tertiary/aromatic N) is 4. The predicted octanol–water partition coefficient (Wildman–Crippen LogP) is 2.27. The van der Waals surface area contributed by atoms with Crippen molar-refractivity contribution >= 4 is 11.7 Å². The number of para-hydroxylation sites is 1. The molecule has 146 valence electrons. The van der Waals surface area contributed by atoms with Crippen LogP contribution in [-0.2, 0) is 4.79 Å². The normalized spacial score (nSPS) is 11.7. The fourth-order valence-electron chi connectivity index (χ4n) is 2.58. The number of carbonyl (C=O) groups is 1. The van der Waals surface area contributed by atoms with Crippen LogP contribution in [0.2, 0.25) is 0 Å². The van der Waals surface area contributed by atoms with E-state index >= 15 is 0 Å². The summed E-state index contributed by atoms with van der Waals surface area (Å²) in [6.45, 7) is 6.65. The number of ether oxygens (including phenoxy) is 1. The van der Waals surface area contributed by atoms with E-state index in [1.165, 1.54) is 6.33 Å². The summed E-state index contributed by atoms with van der Waals surface area (Å²) in [4.78, 5) is 24.9. The molecule has 0 saturated heterocycles. The van der Waals surface area contributed by atoms with Crippen molar-refractivity contribution in [3.63, 3.8) is 0 Å². The molecule has 8 heteroatoms. The summed E-state index contributed by atoms with van der Waals surface area (Å²) in [5, 5.41) is 6.03. The zero-order valence-corrected chi connectivity index (χ0v) is 16.2. The number of rotatable bonds is 8. The van der Waals surface area contributed by atoms with Crippen LogP contribution < -0.4 is 15.4 Å². The van der Waals surface area contributed by atoms with Gasteiger partial charge in [-0.25, -0.2) is 15.0 Å². The summed E-state index contributed by atoms with van der Waals surface area (Å²) in [5.41, 5.74) is 1.99. The van der Waals surface area contributed by atoms with Crippen LogP contribution >= 0.6 is 0 Å². The van der Waals surface area contributed by atoms with Gasteiger partial charge >= 0.3 is 0 Å². The number of amides is 1. The largest absolute Gasteiger partial charge is 0.481 e. The minimum Gasteiger partial charge on any atom is -0.481 e. The molecule has 3 rings (SSSR count). The van der Waals surface area contributed by atoms with Gasteiger partial charge in [-0.3, -0.25) is 9.36 Å². The lowest BCUT2D eigenvalue weighted by atomic mass is 10.3. The number of anilines is 1. The summed E-state index contributed by atoms with van der Waals surface area (Å²) in [6.07, 6.45) is 2.67. The van der Waals surface area contributed by atoms with Crippen LogP contribution in [0.25, 0.3) is 5.82 Å². The van der Waals surface area contributed by atoms with E-state index in [0.717, 1.165) is 17.2 Å². The molecule has 1 atom stereocenters. The first-order chi connectivity index (χ1) is 13.5. The number of aryl methyl sites for hydroxylation is 1. The minimum atomic E-state index is -0.569. The molecule has 0 fully saturated rings. The second kappa shape index (κ2) is 8.98. The third-order valence-electron chi connectivity index (χ3n) is 4.31. The molecular weight excluding hydrogens is 356 g/mol. The third-order valence-corrected chi connectivity index (χ3v) is 4.31. The van der Waals surface area contributed by atoms with Crippen LogP contribution in [-0.4, -0.2) is 44.6 Å². The lowest BCUT2D eigenvalue weighted by Crippen LogP contribution is -2.38. The number of hydrogen-bond acceptors (Lipinski definition) is 6. The van der Waals surface area contributed by atoms with E-state index < -0.39 is 6.10 Å². The third kappa shape index (κ3) is 4.85. The molecule has 8 nitrogen and oxygen atoms in total. The number of nitrogens with one attached hydrogen (secondary N) is 2. The molecule has 0 aliphatic heterocycles. The first kappa shape index (κ1) is 19.3.